The Morgan fingerprint density at radius 2 is 2.22 bits per heavy atom. The van der Waals surface area contributed by atoms with E-state index in [9.17, 15) is 14.4 Å². The van der Waals surface area contributed by atoms with Crippen LogP contribution in [0.3, 0.4) is 0 Å². The normalized spacial score (nSPS) is 22.7. The highest BCUT2D eigenvalue weighted by Crippen LogP contribution is 2.23. The van der Waals surface area contributed by atoms with Crippen molar-refractivity contribution in [2.75, 3.05) is 13.1 Å². The third-order valence-corrected chi connectivity index (χ3v) is 3.06. The van der Waals surface area contributed by atoms with Gasteiger partial charge in [-0.05, 0) is 13.3 Å². The maximum absolute atomic E-state index is 12.1. The quantitative estimate of drug-likeness (QED) is 0.637. The molecule has 3 amide bonds. The first kappa shape index (κ1) is 12.4. The number of nitrogens with zero attached hydrogens (tertiary/aromatic N) is 1. The molecule has 3 N–H and O–H groups in total. The number of carboxylic acid groups (broad SMARTS) is 1. The minimum Gasteiger partial charge on any atom is -0.481 e. The Morgan fingerprint density at radius 3 is 2.89 bits per heavy atom. The van der Waals surface area contributed by atoms with Crippen molar-refractivity contribution in [3.05, 3.63) is 11.3 Å². The van der Waals surface area contributed by atoms with Gasteiger partial charge in [0.15, 0.2) is 0 Å². The molecule has 0 spiro atoms. The first-order valence-electron chi connectivity index (χ1n) is 5.80. The summed E-state index contributed by atoms with van der Waals surface area (Å²) in [4.78, 5) is 35.3. The molecule has 0 aromatic heterocycles. The van der Waals surface area contributed by atoms with Crippen LogP contribution in [-0.2, 0) is 9.59 Å². The van der Waals surface area contributed by atoms with E-state index < -0.39 is 5.97 Å². The van der Waals surface area contributed by atoms with E-state index in [1.54, 1.807) is 11.8 Å². The van der Waals surface area contributed by atoms with Gasteiger partial charge in [-0.25, -0.2) is 4.79 Å². The van der Waals surface area contributed by atoms with Gasteiger partial charge in [-0.2, -0.15) is 0 Å². The van der Waals surface area contributed by atoms with E-state index in [2.05, 4.69) is 10.6 Å². The Morgan fingerprint density at radius 1 is 1.50 bits per heavy atom. The highest BCUT2D eigenvalue weighted by Gasteiger charge is 2.37. The average molecular weight is 253 g/mol. The van der Waals surface area contributed by atoms with Crippen molar-refractivity contribution in [3.63, 3.8) is 0 Å². The lowest BCUT2D eigenvalue weighted by Gasteiger charge is -2.21. The molecule has 0 fully saturated rings. The highest BCUT2D eigenvalue weighted by molar-refractivity contribution is 6.01. The Balaban J connectivity index is 1.99. The van der Waals surface area contributed by atoms with Crippen molar-refractivity contribution in [1.82, 2.24) is 15.5 Å². The van der Waals surface area contributed by atoms with Crippen LogP contribution >= 0.6 is 0 Å². The Bertz CT molecular complexity index is 444. The molecule has 2 rings (SSSR count). The molecular formula is C11H15N3O4. The van der Waals surface area contributed by atoms with Gasteiger partial charge in [0.05, 0.1) is 18.2 Å². The van der Waals surface area contributed by atoms with Crippen molar-refractivity contribution in [1.29, 1.82) is 0 Å². The molecule has 0 aromatic rings. The number of hydrogen-bond donors (Lipinski definition) is 3. The van der Waals surface area contributed by atoms with E-state index in [4.69, 9.17) is 5.11 Å². The van der Waals surface area contributed by atoms with Crippen molar-refractivity contribution in [2.45, 2.75) is 25.8 Å². The molecule has 18 heavy (non-hydrogen) atoms. The number of aliphatic carboxylic acids is 1. The van der Waals surface area contributed by atoms with Crippen molar-refractivity contribution >= 4 is 17.9 Å². The molecule has 0 saturated heterocycles. The van der Waals surface area contributed by atoms with Crippen LogP contribution in [-0.4, -0.2) is 47.0 Å². The van der Waals surface area contributed by atoms with Crippen molar-refractivity contribution in [2.24, 2.45) is 0 Å². The van der Waals surface area contributed by atoms with Gasteiger partial charge in [0.1, 0.15) is 0 Å². The summed E-state index contributed by atoms with van der Waals surface area (Å²) in [5.74, 6) is -1.00. The Kier molecular flexibility index (Phi) is 3.22. The van der Waals surface area contributed by atoms with E-state index in [0.717, 1.165) is 0 Å². The number of carbonyl (C=O) groups is 3. The predicted octanol–water partition coefficient (Wildman–Crippen LogP) is -0.351. The summed E-state index contributed by atoms with van der Waals surface area (Å²) >= 11 is 0. The van der Waals surface area contributed by atoms with Crippen LogP contribution in [0.25, 0.3) is 0 Å². The first-order valence-corrected chi connectivity index (χ1v) is 5.80. The zero-order valence-electron chi connectivity index (χ0n) is 10.0. The van der Waals surface area contributed by atoms with Crippen LogP contribution in [0, 0.1) is 0 Å². The highest BCUT2D eigenvalue weighted by atomic mass is 16.4. The fourth-order valence-corrected chi connectivity index (χ4v) is 2.24. The number of hydrogen-bond acceptors (Lipinski definition) is 3. The van der Waals surface area contributed by atoms with Gasteiger partial charge in [-0.15, -0.1) is 0 Å². The van der Waals surface area contributed by atoms with Gasteiger partial charge in [0, 0.05) is 18.7 Å². The lowest BCUT2D eigenvalue weighted by Crippen LogP contribution is -2.47. The van der Waals surface area contributed by atoms with Gasteiger partial charge < -0.3 is 20.6 Å². The molecule has 7 heteroatoms. The summed E-state index contributed by atoms with van der Waals surface area (Å²) in [6, 6.07) is -0.604. The summed E-state index contributed by atoms with van der Waals surface area (Å²) in [5, 5.41) is 13.8. The molecule has 1 atom stereocenters. The summed E-state index contributed by atoms with van der Waals surface area (Å²) in [6.45, 7) is 2.50. The molecule has 0 radical (unpaired) electrons. The third kappa shape index (κ3) is 2.29. The van der Waals surface area contributed by atoms with Gasteiger partial charge in [-0.3, -0.25) is 9.59 Å². The van der Waals surface area contributed by atoms with Gasteiger partial charge >= 0.3 is 12.0 Å². The lowest BCUT2D eigenvalue weighted by atomic mass is 10.1. The van der Waals surface area contributed by atoms with Crippen LogP contribution in [0.5, 0.6) is 0 Å². The molecule has 1 unspecified atom stereocenters. The van der Waals surface area contributed by atoms with Gasteiger partial charge in [0.2, 0.25) is 0 Å². The number of rotatable bonds is 4. The molecule has 2 aliphatic rings. The summed E-state index contributed by atoms with van der Waals surface area (Å²) in [5.41, 5.74) is 1.21. The SMILES string of the molecule is CC1NC(=O)NC2=C1C(=O)N(CCCC(=O)O)C2. The Hall–Kier alpha value is -2.05. The lowest BCUT2D eigenvalue weighted by molar-refractivity contribution is -0.137. The molecular weight excluding hydrogens is 238 g/mol. The monoisotopic (exact) mass is 253 g/mol. The second-order valence-corrected chi connectivity index (χ2v) is 4.44. The zero-order valence-corrected chi connectivity index (χ0v) is 10.0. The topological polar surface area (TPSA) is 98.7 Å². The largest absolute Gasteiger partial charge is 0.481 e. The maximum Gasteiger partial charge on any atom is 0.319 e. The third-order valence-electron chi connectivity index (χ3n) is 3.06. The van der Waals surface area contributed by atoms with Crippen LogP contribution in [0.1, 0.15) is 19.8 Å². The number of urea groups is 1. The van der Waals surface area contributed by atoms with Gasteiger partial charge in [0.25, 0.3) is 5.91 Å². The standard InChI is InChI=1S/C11H15N3O4/c1-6-9-7(13-11(18)12-6)5-14(10(9)17)4-2-3-8(15)16/h6H,2-5H2,1H3,(H,15,16)(H2,12,13,18). The first-order chi connectivity index (χ1) is 8.49. The number of nitrogens with one attached hydrogen (secondary N) is 2. The molecule has 0 aromatic carbocycles. The van der Waals surface area contributed by atoms with E-state index in [-0.39, 0.29) is 24.4 Å². The van der Waals surface area contributed by atoms with Gasteiger partial charge in [-0.1, -0.05) is 0 Å². The number of amides is 3. The minimum absolute atomic E-state index is 0.0363. The number of carboxylic acids is 1. The second kappa shape index (κ2) is 4.67. The second-order valence-electron chi connectivity index (χ2n) is 4.44. The molecule has 98 valence electrons. The zero-order chi connectivity index (χ0) is 13.3. The molecule has 0 saturated carbocycles. The molecule has 0 aliphatic carbocycles. The van der Waals surface area contributed by atoms with Crippen LogP contribution in [0.2, 0.25) is 0 Å². The predicted molar refractivity (Wildman–Crippen MR) is 61.6 cm³/mol. The maximum atomic E-state index is 12.1. The molecule has 2 aliphatic heterocycles. The molecule has 0 bridgehead atoms. The average Bonchev–Trinajstić information content (AvgIpc) is 2.55. The smallest absolute Gasteiger partial charge is 0.319 e. The summed E-state index contributed by atoms with van der Waals surface area (Å²) in [7, 11) is 0. The fourth-order valence-electron chi connectivity index (χ4n) is 2.24. The summed E-state index contributed by atoms with van der Waals surface area (Å²) in [6.07, 6.45) is 0.450. The van der Waals surface area contributed by atoms with Crippen molar-refractivity contribution in [3.8, 4) is 0 Å². The van der Waals surface area contributed by atoms with E-state index in [1.807, 2.05) is 0 Å². The summed E-state index contributed by atoms with van der Waals surface area (Å²) < 4.78 is 0. The molecule has 7 nitrogen and oxygen atoms in total. The molecule has 2 heterocycles. The Labute approximate surface area is 104 Å². The fraction of sp³-hybridized carbons (Fsp3) is 0.545. The van der Waals surface area contributed by atoms with Crippen LogP contribution in [0.4, 0.5) is 4.79 Å². The van der Waals surface area contributed by atoms with E-state index in [0.29, 0.717) is 30.8 Å². The van der Waals surface area contributed by atoms with Crippen LogP contribution in [0.15, 0.2) is 11.3 Å². The number of carbonyl (C=O) groups excluding carboxylic acids is 2. The minimum atomic E-state index is -0.872. The van der Waals surface area contributed by atoms with E-state index in [1.165, 1.54) is 0 Å². The van der Waals surface area contributed by atoms with Crippen LogP contribution < -0.4 is 10.6 Å². The van der Waals surface area contributed by atoms with Crippen molar-refractivity contribution < 1.29 is 19.5 Å². The van der Waals surface area contributed by atoms with E-state index >= 15 is 0 Å².